The first-order chi connectivity index (χ1) is 9.34. The zero-order chi connectivity index (χ0) is 13.1. The fourth-order valence-electron chi connectivity index (χ4n) is 2.09. The smallest absolute Gasteiger partial charge is 0.0273 e. The van der Waals surface area contributed by atoms with Crippen molar-refractivity contribution in [3.63, 3.8) is 0 Å². The fraction of sp³-hybridized carbons (Fsp3) is 0. The zero-order valence-corrected chi connectivity index (χ0v) is 11.8. The quantitative estimate of drug-likeness (QED) is 0.636. The van der Waals surface area contributed by atoms with Crippen LogP contribution in [0.2, 0.25) is 0 Å². The SMILES string of the molecule is Brc1ccc2ccccc2c1C=Cc1ccncc1. The lowest BCUT2D eigenvalue weighted by atomic mass is 10.0. The van der Waals surface area contributed by atoms with Crippen LogP contribution in [0.25, 0.3) is 22.9 Å². The lowest BCUT2D eigenvalue weighted by molar-refractivity contribution is 1.32. The molecule has 0 atom stereocenters. The Morgan fingerprint density at radius 3 is 2.47 bits per heavy atom. The van der Waals surface area contributed by atoms with Gasteiger partial charge in [-0.1, -0.05) is 58.4 Å². The maximum Gasteiger partial charge on any atom is 0.0273 e. The summed E-state index contributed by atoms with van der Waals surface area (Å²) in [6.07, 6.45) is 7.85. The molecule has 1 heterocycles. The number of hydrogen-bond acceptors (Lipinski definition) is 1. The van der Waals surface area contributed by atoms with Crippen molar-refractivity contribution in [2.75, 3.05) is 0 Å². The summed E-state index contributed by atoms with van der Waals surface area (Å²) in [6, 6.07) is 16.6. The Hall–Kier alpha value is -1.93. The summed E-state index contributed by atoms with van der Waals surface area (Å²) in [5.41, 5.74) is 2.35. The molecule has 0 saturated carbocycles. The molecular weight excluding hydrogens is 298 g/mol. The molecule has 1 aromatic heterocycles. The molecule has 0 aliphatic heterocycles. The molecule has 3 rings (SSSR count). The van der Waals surface area contributed by atoms with Gasteiger partial charge >= 0.3 is 0 Å². The van der Waals surface area contributed by atoms with Crippen molar-refractivity contribution in [1.82, 2.24) is 4.98 Å². The molecule has 0 radical (unpaired) electrons. The van der Waals surface area contributed by atoms with Crippen molar-refractivity contribution in [1.29, 1.82) is 0 Å². The van der Waals surface area contributed by atoms with Crippen molar-refractivity contribution in [3.8, 4) is 0 Å². The van der Waals surface area contributed by atoms with E-state index in [0.717, 1.165) is 10.0 Å². The molecule has 19 heavy (non-hydrogen) atoms. The van der Waals surface area contributed by atoms with E-state index in [-0.39, 0.29) is 0 Å². The monoisotopic (exact) mass is 309 g/mol. The minimum absolute atomic E-state index is 1.11. The second-order valence-electron chi connectivity index (χ2n) is 4.30. The zero-order valence-electron chi connectivity index (χ0n) is 10.3. The van der Waals surface area contributed by atoms with E-state index in [1.807, 2.05) is 12.1 Å². The number of fused-ring (bicyclic) bond motifs is 1. The van der Waals surface area contributed by atoms with Gasteiger partial charge in [-0.3, -0.25) is 4.98 Å². The van der Waals surface area contributed by atoms with E-state index in [0.29, 0.717) is 0 Å². The van der Waals surface area contributed by atoms with Gasteiger partial charge in [-0.2, -0.15) is 0 Å². The molecule has 0 N–H and O–H groups in total. The number of pyridine rings is 1. The van der Waals surface area contributed by atoms with Gasteiger partial charge in [0.2, 0.25) is 0 Å². The maximum absolute atomic E-state index is 4.02. The highest BCUT2D eigenvalue weighted by Gasteiger charge is 2.02. The molecule has 0 aliphatic carbocycles. The van der Waals surface area contributed by atoms with Crippen molar-refractivity contribution in [3.05, 3.63) is 76.5 Å². The second-order valence-corrected chi connectivity index (χ2v) is 5.15. The van der Waals surface area contributed by atoms with E-state index >= 15 is 0 Å². The van der Waals surface area contributed by atoms with Crippen LogP contribution in [-0.2, 0) is 0 Å². The normalized spacial score (nSPS) is 11.2. The molecule has 0 fully saturated rings. The maximum atomic E-state index is 4.02. The molecule has 2 heteroatoms. The molecule has 0 bridgehead atoms. The summed E-state index contributed by atoms with van der Waals surface area (Å²) >= 11 is 3.63. The van der Waals surface area contributed by atoms with Gasteiger partial charge in [0.05, 0.1) is 0 Å². The average molecular weight is 310 g/mol. The highest BCUT2D eigenvalue weighted by atomic mass is 79.9. The Balaban J connectivity index is 2.10. The Labute approximate surface area is 120 Å². The largest absolute Gasteiger partial charge is 0.265 e. The van der Waals surface area contributed by atoms with Gasteiger partial charge in [-0.25, -0.2) is 0 Å². The summed E-state index contributed by atoms with van der Waals surface area (Å²) in [7, 11) is 0. The second kappa shape index (κ2) is 5.37. The van der Waals surface area contributed by atoms with Crippen LogP contribution in [0, 0.1) is 0 Å². The molecule has 1 nitrogen and oxygen atoms in total. The van der Waals surface area contributed by atoms with Gasteiger partial charge in [0, 0.05) is 16.9 Å². The first kappa shape index (κ1) is 12.1. The average Bonchev–Trinajstić information content (AvgIpc) is 2.47. The van der Waals surface area contributed by atoms with Gasteiger partial charge < -0.3 is 0 Å². The first-order valence-electron chi connectivity index (χ1n) is 6.10. The van der Waals surface area contributed by atoms with Crippen molar-refractivity contribution >= 4 is 38.9 Å². The Morgan fingerprint density at radius 1 is 0.842 bits per heavy atom. The van der Waals surface area contributed by atoms with E-state index in [9.17, 15) is 0 Å². The number of benzene rings is 2. The van der Waals surface area contributed by atoms with Crippen LogP contribution >= 0.6 is 15.9 Å². The van der Waals surface area contributed by atoms with Crippen LogP contribution < -0.4 is 0 Å². The Kier molecular flexibility index (Phi) is 3.43. The molecule has 0 spiro atoms. The van der Waals surface area contributed by atoms with E-state index in [4.69, 9.17) is 0 Å². The van der Waals surface area contributed by atoms with Gasteiger partial charge in [0.1, 0.15) is 0 Å². The van der Waals surface area contributed by atoms with Gasteiger partial charge in [0.15, 0.2) is 0 Å². The predicted molar refractivity (Wildman–Crippen MR) is 84.8 cm³/mol. The molecule has 92 valence electrons. The van der Waals surface area contributed by atoms with E-state index < -0.39 is 0 Å². The number of rotatable bonds is 2. The molecule has 3 aromatic rings. The van der Waals surface area contributed by atoms with Gasteiger partial charge in [-0.05, 0) is 40.1 Å². The van der Waals surface area contributed by atoms with Gasteiger partial charge in [0.25, 0.3) is 0 Å². The van der Waals surface area contributed by atoms with E-state index in [1.165, 1.54) is 16.3 Å². The topological polar surface area (TPSA) is 12.9 Å². The molecule has 0 unspecified atom stereocenters. The summed E-state index contributed by atoms with van der Waals surface area (Å²) in [4.78, 5) is 4.02. The number of aromatic nitrogens is 1. The predicted octanol–water partition coefficient (Wildman–Crippen LogP) is 5.17. The third kappa shape index (κ3) is 2.59. The fourth-order valence-corrected chi connectivity index (χ4v) is 2.57. The van der Waals surface area contributed by atoms with Crippen LogP contribution in [0.5, 0.6) is 0 Å². The highest BCUT2D eigenvalue weighted by molar-refractivity contribution is 9.10. The standard InChI is InChI=1S/C17H12BrN/c18-17-8-6-14-3-1-2-4-15(14)16(17)7-5-13-9-11-19-12-10-13/h1-12H. The minimum atomic E-state index is 1.11. The van der Waals surface area contributed by atoms with Crippen molar-refractivity contribution in [2.45, 2.75) is 0 Å². The third-order valence-electron chi connectivity index (χ3n) is 3.07. The summed E-state index contributed by atoms with van der Waals surface area (Å²) < 4.78 is 1.11. The molecule has 0 amide bonds. The van der Waals surface area contributed by atoms with Crippen LogP contribution in [0.3, 0.4) is 0 Å². The van der Waals surface area contributed by atoms with Crippen LogP contribution in [0.4, 0.5) is 0 Å². The van der Waals surface area contributed by atoms with Gasteiger partial charge in [-0.15, -0.1) is 0 Å². The van der Waals surface area contributed by atoms with Crippen LogP contribution in [0.1, 0.15) is 11.1 Å². The lowest BCUT2D eigenvalue weighted by Crippen LogP contribution is -1.81. The number of nitrogens with zero attached hydrogens (tertiary/aromatic N) is 1. The van der Waals surface area contributed by atoms with Crippen LogP contribution in [0.15, 0.2) is 65.4 Å². The van der Waals surface area contributed by atoms with E-state index in [1.54, 1.807) is 12.4 Å². The van der Waals surface area contributed by atoms with Crippen molar-refractivity contribution < 1.29 is 0 Å². The Bertz CT molecular complexity index is 733. The lowest BCUT2D eigenvalue weighted by Gasteiger charge is -2.05. The minimum Gasteiger partial charge on any atom is -0.265 e. The highest BCUT2D eigenvalue weighted by Crippen LogP contribution is 2.28. The third-order valence-corrected chi connectivity index (χ3v) is 3.76. The summed E-state index contributed by atoms with van der Waals surface area (Å²) in [5, 5.41) is 2.50. The molecular formula is C17H12BrN. The first-order valence-corrected chi connectivity index (χ1v) is 6.89. The molecule has 2 aromatic carbocycles. The summed E-state index contributed by atoms with van der Waals surface area (Å²) in [6.45, 7) is 0. The number of hydrogen-bond donors (Lipinski definition) is 0. The molecule has 0 saturated heterocycles. The summed E-state index contributed by atoms with van der Waals surface area (Å²) in [5.74, 6) is 0. The molecule has 0 aliphatic rings. The van der Waals surface area contributed by atoms with E-state index in [2.05, 4.69) is 69.5 Å². The van der Waals surface area contributed by atoms with Crippen LogP contribution in [-0.4, -0.2) is 4.98 Å². The van der Waals surface area contributed by atoms with Crippen molar-refractivity contribution in [2.24, 2.45) is 0 Å². The number of halogens is 1. The Morgan fingerprint density at radius 2 is 1.63 bits per heavy atom.